The molecule has 1 aliphatic rings. The molecule has 3 heterocycles. The van der Waals surface area contributed by atoms with Crippen LogP contribution < -0.4 is 0 Å². The van der Waals surface area contributed by atoms with Gasteiger partial charge in [-0.05, 0) is 36.4 Å². The maximum Gasteiger partial charge on any atom is 0.255 e. The van der Waals surface area contributed by atoms with Gasteiger partial charge in [-0.3, -0.25) is 4.79 Å². The molecule has 0 N–H and O–H groups in total. The summed E-state index contributed by atoms with van der Waals surface area (Å²) in [6, 6.07) is 7.74. The first kappa shape index (κ1) is 12.6. The highest BCUT2D eigenvalue weighted by Crippen LogP contribution is 2.35. The molecule has 0 saturated carbocycles. The Balaban J connectivity index is 1.84. The van der Waals surface area contributed by atoms with E-state index in [1.165, 1.54) is 4.88 Å². The fourth-order valence-electron chi connectivity index (χ4n) is 2.45. The van der Waals surface area contributed by atoms with Crippen molar-refractivity contribution >= 4 is 28.8 Å². The molecule has 0 bridgehead atoms. The average molecular weight is 293 g/mol. The molecular formula is C14H13ClN2OS. The first-order chi connectivity index (χ1) is 9.25. The largest absolute Gasteiger partial charge is 0.331 e. The number of hydrogen-bond acceptors (Lipinski definition) is 3. The highest BCUT2D eigenvalue weighted by Gasteiger charge is 2.31. The maximum absolute atomic E-state index is 12.5. The quantitative estimate of drug-likeness (QED) is 0.789. The summed E-state index contributed by atoms with van der Waals surface area (Å²) in [5.74, 6) is 0.0417. The Labute approximate surface area is 120 Å². The molecule has 1 fully saturated rings. The van der Waals surface area contributed by atoms with Crippen LogP contribution in [0.15, 0.2) is 35.8 Å². The van der Waals surface area contributed by atoms with Crippen LogP contribution in [0.3, 0.4) is 0 Å². The van der Waals surface area contributed by atoms with Gasteiger partial charge in [0.25, 0.3) is 5.91 Å². The lowest BCUT2D eigenvalue weighted by atomic mass is 10.1. The minimum Gasteiger partial charge on any atom is -0.331 e. The minimum absolute atomic E-state index is 0.0417. The summed E-state index contributed by atoms with van der Waals surface area (Å²) < 4.78 is 0. The fourth-order valence-corrected chi connectivity index (χ4v) is 3.44. The molecule has 3 rings (SSSR count). The zero-order valence-corrected chi connectivity index (χ0v) is 11.8. The normalized spacial score (nSPS) is 18.8. The van der Waals surface area contributed by atoms with E-state index in [-0.39, 0.29) is 11.9 Å². The Kier molecular flexibility index (Phi) is 3.53. The molecular weight excluding hydrogens is 280 g/mol. The van der Waals surface area contributed by atoms with Crippen LogP contribution in [-0.4, -0.2) is 22.3 Å². The summed E-state index contributed by atoms with van der Waals surface area (Å²) in [6.07, 6.45) is 3.64. The highest BCUT2D eigenvalue weighted by atomic mass is 35.5. The van der Waals surface area contributed by atoms with Crippen molar-refractivity contribution in [1.82, 2.24) is 9.88 Å². The molecule has 0 aromatic carbocycles. The van der Waals surface area contributed by atoms with E-state index < -0.39 is 0 Å². The Hall–Kier alpha value is -1.39. The summed E-state index contributed by atoms with van der Waals surface area (Å²) in [7, 11) is 0. The number of likely N-dealkylation sites (tertiary alicyclic amines) is 1. The van der Waals surface area contributed by atoms with Gasteiger partial charge in [-0.1, -0.05) is 17.7 Å². The molecule has 1 unspecified atom stereocenters. The zero-order valence-electron chi connectivity index (χ0n) is 10.3. The van der Waals surface area contributed by atoms with Gasteiger partial charge in [0.2, 0.25) is 0 Å². The number of hydrogen-bond donors (Lipinski definition) is 0. The molecule has 2 aromatic heterocycles. The second kappa shape index (κ2) is 5.31. The molecule has 0 radical (unpaired) electrons. The molecule has 0 aliphatic carbocycles. The van der Waals surface area contributed by atoms with Crippen LogP contribution in [0.25, 0.3) is 0 Å². The van der Waals surface area contributed by atoms with E-state index in [2.05, 4.69) is 16.4 Å². The van der Waals surface area contributed by atoms with Gasteiger partial charge >= 0.3 is 0 Å². The maximum atomic E-state index is 12.5. The lowest BCUT2D eigenvalue weighted by Gasteiger charge is -2.23. The van der Waals surface area contributed by atoms with Crippen molar-refractivity contribution in [1.29, 1.82) is 0 Å². The number of halogens is 1. The predicted molar refractivity (Wildman–Crippen MR) is 76.6 cm³/mol. The van der Waals surface area contributed by atoms with E-state index in [4.69, 9.17) is 11.6 Å². The van der Waals surface area contributed by atoms with E-state index in [0.717, 1.165) is 19.4 Å². The van der Waals surface area contributed by atoms with Crippen molar-refractivity contribution in [3.05, 3.63) is 51.4 Å². The fraction of sp³-hybridized carbons (Fsp3) is 0.286. The predicted octanol–water partition coefficient (Wildman–Crippen LogP) is 3.77. The van der Waals surface area contributed by atoms with Gasteiger partial charge in [-0.2, -0.15) is 0 Å². The van der Waals surface area contributed by atoms with Crippen LogP contribution in [0, 0.1) is 0 Å². The van der Waals surface area contributed by atoms with Gasteiger partial charge in [-0.25, -0.2) is 4.98 Å². The summed E-state index contributed by atoms with van der Waals surface area (Å²) in [4.78, 5) is 19.7. The molecule has 1 aliphatic heterocycles. The molecule has 19 heavy (non-hydrogen) atoms. The van der Waals surface area contributed by atoms with Crippen LogP contribution in [0.5, 0.6) is 0 Å². The second-order valence-electron chi connectivity index (χ2n) is 4.54. The smallest absolute Gasteiger partial charge is 0.255 e. The number of rotatable bonds is 2. The van der Waals surface area contributed by atoms with Crippen molar-refractivity contribution in [3.8, 4) is 0 Å². The Morgan fingerprint density at radius 3 is 3.00 bits per heavy atom. The van der Waals surface area contributed by atoms with Crippen LogP contribution in [0.4, 0.5) is 0 Å². The van der Waals surface area contributed by atoms with Gasteiger partial charge in [0.05, 0.1) is 11.6 Å². The van der Waals surface area contributed by atoms with Gasteiger partial charge in [0.15, 0.2) is 0 Å². The van der Waals surface area contributed by atoms with Gasteiger partial charge in [-0.15, -0.1) is 11.3 Å². The third-order valence-electron chi connectivity index (χ3n) is 3.36. The Morgan fingerprint density at radius 1 is 1.42 bits per heavy atom. The second-order valence-corrected chi connectivity index (χ2v) is 5.91. The summed E-state index contributed by atoms with van der Waals surface area (Å²) in [5.41, 5.74) is 0.604. The van der Waals surface area contributed by atoms with Crippen molar-refractivity contribution in [2.24, 2.45) is 0 Å². The summed E-state index contributed by atoms with van der Waals surface area (Å²) in [5, 5.41) is 2.47. The number of amides is 1. The monoisotopic (exact) mass is 292 g/mol. The number of nitrogens with zero attached hydrogens (tertiary/aromatic N) is 2. The lowest BCUT2D eigenvalue weighted by Crippen LogP contribution is -2.30. The summed E-state index contributed by atoms with van der Waals surface area (Å²) >= 11 is 7.46. The number of pyridine rings is 1. The first-order valence-corrected chi connectivity index (χ1v) is 7.47. The number of carbonyl (C=O) groups is 1. The van der Waals surface area contributed by atoms with Gasteiger partial charge in [0, 0.05) is 17.6 Å². The van der Waals surface area contributed by atoms with Gasteiger partial charge in [0.1, 0.15) is 5.15 Å². The van der Waals surface area contributed by atoms with Crippen molar-refractivity contribution in [2.75, 3.05) is 6.54 Å². The SMILES string of the molecule is O=C(c1ccc(Cl)nc1)N1CCCC1c1cccs1. The van der Waals surface area contributed by atoms with E-state index in [0.29, 0.717) is 10.7 Å². The highest BCUT2D eigenvalue weighted by molar-refractivity contribution is 7.10. The molecule has 1 saturated heterocycles. The Bertz CT molecular complexity index is 568. The lowest BCUT2D eigenvalue weighted by molar-refractivity contribution is 0.0737. The Morgan fingerprint density at radius 2 is 2.32 bits per heavy atom. The van der Waals surface area contributed by atoms with E-state index in [9.17, 15) is 4.79 Å². The summed E-state index contributed by atoms with van der Waals surface area (Å²) in [6.45, 7) is 0.810. The minimum atomic E-state index is 0.0417. The molecule has 1 amide bonds. The molecule has 5 heteroatoms. The first-order valence-electron chi connectivity index (χ1n) is 6.21. The molecule has 3 nitrogen and oxygen atoms in total. The van der Waals surface area contributed by atoms with E-state index in [1.807, 2.05) is 11.0 Å². The standard InChI is InChI=1S/C14H13ClN2OS/c15-13-6-5-10(9-16-13)14(18)17-7-1-3-11(17)12-4-2-8-19-12/h2,4-6,8-9,11H,1,3,7H2. The van der Waals surface area contributed by atoms with Crippen molar-refractivity contribution < 1.29 is 4.79 Å². The molecule has 0 spiro atoms. The zero-order chi connectivity index (χ0) is 13.2. The van der Waals surface area contributed by atoms with Crippen LogP contribution in [0.2, 0.25) is 5.15 Å². The van der Waals surface area contributed by atoms with Crippen LogP contribution >= 0.6 is 22.9 Å². The number of aromatic nitrogens is 1. The van der Waals surface area contributed by atoms with Crippen LogP contribution in [0.1, 0.15) is 34.1 Å². The van der Waals surface area contributed by atoms with Crippen LogP contribution in [-0.2, 0) is 0 Å². The molecule has 98 valence electrons. The molecule has 2 aromatic rings. The molecule has 1 atom stereocenters. The van der Waals surface area contributed by atoms with Crippen molar-refractivity contribution in [2.45, 2.75) is 18.9 Å². The average Bonchev–Trinajstić information content (AvgIpc) is 3.09. The third kappa shape index (κ3) is 2.51. The van der Waals surface area contributed by atoms with Gasteiger partial charge < -0.3 is 4.90 Å². The van der Waals surface area contributed by atoms with Crippen molar-refractivity contribution in [3.63, 3.8) is 0 Å². The van der Waals surface area contributed by atoms with E-state index in [1.54, 1.807) is 29.7 Å². The van der Waals surface area contributed by atoms with E-state index >= 15 is 0 Å². The number of thiophene rings is 1. The topological polar surface area (TPSA) is 33.2 Å². The third-order valence-corrected chi connectivity index (χ3v) is 4.56. The number of carbonyl (C=O) groups excluding carboxylic acids is 1.